The molecule has 1 rings (SSSR count). The Labute approximate surface area is 101 Å². The van der Waals surface area contributed by atoms with Crippen molar-refractivity contribution in [2.75, 3.05) is 11.1 Å². The van der Waals surface area contributed by atoms with Crippen molar-refractivity contribution in [2.24, 2.45) is 0 Å². The lowest BCUT2D eigenvalue weighted by Crippen LogP contribution is -2.27. The van der Waals surface area contributed by atoms with Crippen LogP contribution in [0.5, 0.6) is 0 Å². The standard InChI is InChI=1S/C12H18N2O3/c1-12(2,3)17-11(16)14-10-5-4-8(7-15)6-9(10)13/h4-6,15H,7,13H2,1-3H3,(H,14,16). The fraction of sp³-hybridized carbons (Fsp3) is 0.417. The lowest BCUT2D eigenvalue weighted by Gasteiger charge is -2.20. The van der Waals surface area contributed by atoms with Gasteiger partial charge in [-0.2, -0.15) is 0 Å². The highest BCUT2D eigenvalue weighted by molar-refractivity contribution is 5.89. The fourth-order valence-corrected chi connectivity index (χ4v) is 1.24. The van der Waals surface area contributed by atoms with Gasteiger partial charge in [-0.05, 0) is 38.5 Å². The molecule has 0 aliphatic rings. The Hall–Kier alpha value is -1.75. The minimum absolute atomic E-state index is 0.0864. The first-order valence-electron chi connectivity index (χ1n) is 5.31. The summed E-state index contributed by atoms with van der Waals surface area (Å²) in [5.74, 6) is 0. The number of ether oxygens (including phenoxy) is 1. The third-order valence-electron chi connectivity index (χ3n) is 1.93. The maximum Gasteiger partial charge on any atom is 0.412 e. The summed E-state index contributed by atoms with van der Waals surface area (Å²) in [7, 11) is 0. The molecule has 17 heavy (non-hydrogen) atoms. The van der Waals surface area contributed by atoms with Crippen molar-refractivity contribution in [1.29, 1.82) is 0 Å². The van der Waals surface area contributed by atoms with Gasteiger partial charge < -0.3 is 15.6 Å². The molecule has 5 nitrogen and oxygen atoms in total. The third-order valence-corrected chi connectivity index (χ3v) is 1.93. The van der Waals surface area contributed by atoms with Crippen molar-refractivity contribution >= 4 is 17.5 Å². The number of carbonyl (C=O) groups is 1. The molecule has 5 heteroatoms. The number of nitrogen functional groups attached to an aromatic ring is 1. The molecule has 0 unspecified atom stereocenters. The summed E-state index contributed by atoms with van der Waals surface area (Å²) in [6.07, 6.45) is -0.555. The van der Waals surface area contributed by atoms with Gasteiger partial charge in [-0.15, -0.1) is 0 Å². The second-order valence-electron chi connectivity index (χ2n) is 4.71. The van der Waals surface area contributed by atoms with E-state index in [1.807, 2.05) is 0 Å². The van der Waals surface area contributed by atoms with Crippen molar-refractivity contribution in [2.45, 2.75) is 33.0 Å². The molecule has 0 bridgehead atoms. The maximum absolute atomic E-state index is 11.5. The highest BCUT2D eigenvalue weighted by atomic mass is 16.6. The van der Waals surface area contributed by atoms with Gasteiger partial charge in [0.1, 0.15) is 5.60 Å². The van der Waals surface area contributed by atoms with E-state index < -0.39 is 11.7 Å². The van der Waals surface area contributed by atoms with Crippen LogP contribution in [0.3, 0.4) is 0 Å². The summed E-state index contributed by atoms with van der Waals surface area (Å²) in [6, 6.07) is 4.92. The van der Waals surface area contributed by atoms with Crippen LogP contribution in [-0.4, -0.2) is 16.8 Å². The van der Waals surface area contributed by atoms with Crippen molar-refractivity contribution in [3.63, 3.8) is 0 Å². The Bertz CT molecular complexity index is 411. The molecule has 0 atom stereocenters. The molecule has 4 N–H and O–H groups in total. The molecule has 0 aliphatic heterocycles. The Morgan fingerprint density at radius 2 is 2.12 bits per heavy atom. The van der Waals surface area contributed by atoms with Gasteiger partial charge in [0.05, 0.1) is 18.0 Å². The fourth-order valence-electron chi connectivity index (χ4n) is 1.24. The predicted octanol–water partition coefficient (Wildman–Crippen LogP) is 2.11. The zero-order valence-corrected chi connectivity index (χ0v) is 10.3. The normalized spacial score (nSPS) is 11.1. The van der Waals surface area contributed by atoms with E-state index in [4.69, 9.17) is 15.6 Å². The minimum Gasteiger partial charge on any atom is -0.444 e. The first kappa shape index (κ1) is 13.3. The zero-order chi connectivity index (χ0) is 13.1. The summed E-state index contributed by atoms with van der Waals surface area (Å²) in [6.45, 7) is 5.26. The van der Waals surface area contributed by atoms with Crippen LogP contribution in [0.4, 0.5) is 16.2 Å². The highest BCUT2D eigenvalue weighted by Crippen LogP contribution is 2.20. The van der Waals surface area contributed by atoms with E-state index in [0.717, 1.165) is 0 Å². The number of carbonyl (C=O) groups excluding carboxylic acids is 1. The number of nitrogens with one attached hydrogen (secondary N) is 1. The van der Waals surface area contributed by atoms with Crippen LogP contribution in [0.1, 0.15) is 26.3 Å². The van der Waals surface area contributed by atoms with E-state index in [9.17, 15) is 4.79 Å². The Morgan fingerprint density at radius 1 is 1.47 bits per heavy atom. The summed E-state index contributed by atoms with van der Waals surface area (Å²) in [5.41, 5.74) is 6.73. The molecule has 0 aromatic heterocycles. The summed E-state index contributed by atoms with van der Waals surface area (Å²) in [4.78, 5) is 11.5. The molecule has 1 amide bonds. The quantitative estimate of drug-likeness (QED) is 0.689. The van der Waals surface area contributed by atoms with E-state index in [0.29, 0.717) is 16.9 Å². The van der Waals surface area contributed by atoms with Gasteiger partial charge in [-0.3, -0.25) is 5.32 Å². The van der Waals surface area contributed by atoms with Crippen molar-refractivity contribution in [3.8, 4) is 0 Å². The molecule has 0 saturated heterocycles. The average molecular weight is 238 g/mol. The monoisotopic (exact) mass is 238 g/mol. The van der Waals surface area contributed by atoms with Crippen LogP contribution in [0.2, 0.25) is 0 Å². The first-order chi connectivity index (χ1) is 7.81. The van der Waals surface area contributed by atoms with Crippen LogP contribution in [-0.2, 0) is 11.3 Å². The topological polar surface area (TPSA) is 84.6 Å². The van der Waals surface area contributed by atoms with Gasteiger partial charge in [0.25, 0.3) is 0 Å². The number of nitrogens with two attached hydrogens (primary N) is 1. The van der Waals surface area contributed by atoms with Gasteiger partial charge in [0.15, 0.2) is 0 Å². The molecule has 0 spiro atoms. The second-order valence-corrected chi connectivity index (χ2v) is 4.71. The van der Waals surface area contributed by atoms with E-state index in [1.54, 1.807) is 39.0 Å². The highest BCUT2D eigenvalue weighted by Gasteiger charge is 2.16. The van der Waals surface area contributed by atoms with E-state index in [1.165, 1.54) is 0 Å². The molecule has 0 fully saturated rings. The summed E-state index contributed by atoms with van der Waals surface area (Å²) < 4.78 is 5.10. The number of rotatable bonds is 2. The number of amides is 1. The second kappa shape index (κ2) is 5.05. The Balaban J connectivity index is 2.72. The predicted molar refractivity (Wildman–Crippen MR) is 66.6 cm³/mol. The van der Waals surface area contributed by atoms with Crippen molar-refractivity contribution < 1.29 is 14.6 Å². The number of aliphatic hydroxyl groups excluding tert-OH is 1. The van der Waals surface area contributed by atoms with Gasteiger partial charge in [-0.1, -0.05) is 6.07 Å². The average Bonchev–Trinajstić information content (AvgIpc) is 2.18. The van der Waals surface area contributed by atoms with E-state index in [-0.39, 0.29) is 6.61 Å². The van der Waals surface area contributed by atoms with Crippen molar-refractivity contribution in [1.82, 2.24) is 0 Å². The molecule has 0 heterocycles. The van der Waals surface area contributed by atoms with Gasteiger partial charge >= 0.3 is 6.09 Å². The molecule has 0 saturated carbocycles. The van der Waals surface area contributed by atoms with Crippen LogP contribution < -0.4 is 11.1 Å². The van der Waals surface area contributed by atoms with Gasteiger partial charge in [-0.25, -0.2) is 4.79 Å². The van der Waals surface area contributed by atoms with Crippen LogP contribution in [0, 0.1) is 0 Å². The minimum atomic E-state index is -0.555. The largest absolute Gasteiger partial charge is 0.444 e. The zero-order valence-electron chi connectivity index (χ0n) is 10.3. The molecule has 94 valence electrons. The first-order valence-corrected chi connectivity index (χ1v) is 5.31. The molecule has 1 aromatic carbocycles. The molecular formula is C12H18N2O3. The Morgan fingerprint density at radius 3 is 2.59 bits per heavy atom. The number of benzene rings is 1. The smallest absolute Gasteiger partial charge is 0.412 e. The van der Waals surface area contributed by atoms with Crippen LogP contribution in [0.15, 0.2) is 18.2 Å². The Kier molecular flexibility index (Phi) is 3.96. The van der Waals surface area contributed by atoms with E-state index in [2.05, 4.69) is 5.32 Å². The molecular weight excluding hydrogens is 220 g/mol. The lowest BCUT2D eigenvalue weighted by atomic mass is 10.2. The SMILES string of the molecule is CC(C)(C)OC(=O)Nc1ccc(CO)cc1N. The molecule has 1 aromatic rings. The van der Waals surface area contributed by atoms with Gasteiger partial charge in [0.2, 0.25) is 0 Å². The summed E-state index contributed by atoms with van der Waals surface area (Å²) >= 11 is 0. The van der Waals surface area contributed by atoms with Gasteiger partial charge in [0, 0.05) is 0 Å². The third kappa shape index (κ3) is 4.32. The van der Waals surface area contributed by atoms with Crippen molar-refractivity contribution in [3.05, 3.63) is 23.8 Å². The number of anilines is 2. The van der Waals surface area contributed by atoms with E-state index >= 15 is 0 Å². The number of aliphatic hydroxyl groups is 1. The van der Waals surface area contributed by atoms with Crippen LogP contribution in [0.25, 0.3) is 0 Å². The number of hydrogen-bond donors (Lipinski definition) is 3. The summed E-state index contributed by atoms with van der Waals surface area (Å²) in [5, 5.41) is 11.5. The number of hydrogen-bond acceptors (Lipinski definition) is 4. The molecule has 0 radical (unpaired) electrons. The van der Waals surface area contributed by atoms with Crippen LogP contribution >= 0.6 is 0 Å². The molecule has 0 aliphatic carbocycles. The maximum atomic E-state index is 11.5. The lowest BCUT2D eigenvalue weighted by molar-refractivity contribution is 0.0636.